The van der Waals surface area contributed by atoms with Crippen LogP contribution in [0.4, 0.5) is 10.1 Å². The highest BCUT2D eigenvalue weighted by Gasteiger charge is 2.23. The quantitative estimate of drug-likeness (QED) is 0.872. The lowest BCUT2D eigenvalue weighted by atomic mass is 9.98. The molecular formula is C14H17BrFNO2. The summed E-state index contributed by atoms with van der Waals surface area (Å²) in [5.74, 6) is -0.443. The predicted octanol–water partition coefficient (Wildman–Crippen LogP) is 4.13. The second kappa shape index (κ2) is 5.90. The Labute approximate surface area is 120 Å². The van der Waals surface area contributed by atoms with Gasteiger partial charge < -0.3 is 10.4 Å². The third-order valence-electron chi connectivity index (χ3n) is 3.91. The maximum atomic E-state index is 14.0. The summed E-state index contributed by atoms with van der Waals surface area (Å²) in [4.78, 5) is 10.9. The molecule has 1 saturated carbocycles. The minimum absolute atomic E-state index is 0.00414. The van der Waals surface area contributed by atoms with Gasteiger partial charge in [-0.25, -0.2) is 9.18 Å². The number of carbonyl (C=O) groups is 1. The molecular weight excluding hydrogens is 313 g/mol. The molecule has 1 aliphatic rings. The summed E-state index contributed by atoms with van der Waals surface area (Å²) in [6.45, 7) is 2.95. The van der Waals surface area contributed by atoms with Gasteiger partial charge in [0, 0.05) is 6.54 Å². The van der Waals surface area contributed by atoms with E-state index in [0.29, 0.717) is 17.5 Å². The van der Waals surface area contributed by atoms with Gasteiger partial charge in [-0.1, -0.05) is 19.8 Å². The van der Waals surface area contributed by atoms with Gasteiger partial charge in [0.1, 0.15) is 0 Å². The molecule has 19 heavy (non-hydrogen) atoms. The fourth-order valence-corrected chi connectivity index (χ4v) is 3.13. The normalized spacial score (nSPS) is 22.5. The average molecular weight is 330 g/mol. The van der Waals surface area contributed by atoms with Crippen molar-refractivity contribution >= 4 is 27.6 Å². The molecule has 2 N–H and O–H groups in total. The maximum Gasteiger partial charge on any atom is 0.336 e. The number of rotatable bonds is 4. The molecule has 0 saturated heterocycles. The number of hydrogen-bond donors (Lipinski definition) is 2. The minimum atomic E-state index is -1.14. The summed E-state index contributed by atoms with van der Waals surface area (Å²) in [6, 6.07) is 2.90. The lowest BCUT2D eigenvalue weighted by Crippen LogP contribution is -2.17. The van der Waals surface area contributed by atoms with Crippen LogP contribution in [-0.4, -0.2) is 17.6 Å². The van der Waals surface area contributed by atoms with E-state index in [1.165, 1.54) is 31.4 Å². The highest BCUT2D eigenvalue weighted by atomic mass is 79.9. The maximum absolute atomic E-state index is 14.0. The number of anilines is 1. The van der Waals surface area contributed by atoms with Gasteiger partial charge in [-0.05, 0) is 46.3 Å². The fourth-order valence-electron chi connectivity index (χ4n) is 2.62. The van der Waals surface area contributed by atoms with Crippen molar-refractivity contribution in [2.24, 2.45) is 11.8 Å². The van der Waals surface area contributed by atoms with Gasteiger partial charge in [-0.15, -0.1) is 0 Å². The molecule has 0 spiro atoms. The first kappa shape index (κ1) is 14.3. The van der Waals surface area contributed by atoms with Gasteiger partial charge in [0.05, 0.1) is 15.7 Å². The van der Waals surface area contributed by atoms with Crippen LogP contribution in [0.15, 0.2) is 16.6 Å². The van der Waals surface area contributed by atoms with Crippen molar-refractivity contribution in [1.29, 1.82) is 0 Å². The molecule has 5 heteroatoms. The molecule has 0 amide bonds. The van der Waals surface area contributed by atoms with Gasteiger partial charge in [-0.3, -0.25) is 0 Å². The topological polar surface area (TPSA) is 49.3 Å². The Morgan fingerprint density at radius 1 is 1.53 bits per heavy atom. The van der Waals surface area contributed by atoms with Crippen LogP contribution in [0.1, 0.15) is 36.5 Å². The second-order valence-corrected chi connectivity index (χ2v) is 5.94. The van der Waals surface area contributed by atoms with E-state index in [1.54, 1.807) is 0 Å². The predicted molar refractivity (Wildman–Crippen MR) is 76.1 cm³/mol. The number of aromatic carboxylic acids is 1. The van der Waals surface area contributed by atoms with E-state index >= 15 is 0 Å². The van der Waals surface area contributed by atoms with Gasteiger partial charge >= 0.3 is 5.97 Å². The van der Waals surface area contributed by atoms with E-state index in [1.807, 2.05) is 0 Å². The third-order valence-corrected chi connectivity index (χ3v) is 4.68. The number of nitrogens with one attached hydrogen (secondary N) is 1. The summed E-state index contributed by atoms with van der Waals surface area (Å²) < 4.78 is 14.0. The largest absolute Gasteiger partial charge is 0.478 e. The Morgan fingerprint density at radius 3 is 2.84 bits per heavy atom. The summed E-state index contributed by atoms with van der Waals surface area (Å²) in [5, 5.41) is 12.0. The third kappa shape index (κ3) is 3.08. The molecule has 1 aromatic rings. The Morgan fingerprint density at radius 2 is 2.26 bits per heavy atom. The average Bonchev–Trinajstić information content (AvgIpc) is 2.76. The first-order valence-electron chi connectivity index (χ1n) is 6.46. The molecule has 0 aromatic heterocycles. The summed E-state index contributed by atoms with van der Waals surface area (Å²) in [5.41, 5.74) is 0.299. The van der Waals surface area contributed by atoms with Gasteiger partial charge in [0.15, 0.2) is 5.82 Å². The van der Waals surface area contributed by atoms with Crippen molar-refractivity contribution in [3.63, 3.8) is 0 Å². The van der Waals surface area contributed by atoms with Crippen LogP contribution in [0, 0.1) is 17.7 Å². The van der Waals surface area contributed by atoms with E-state index in [2.05, 4.69) is 28.2 Å². The summed E-state index contributed by atoms with van der Waals surface area (Å²) in [6.07, 6.45) is 3.64. The SMILES string of the molecule is CC1CCCC1CNc1ccc(C(=O)O)c(Br)c1F. The molecule has 1 aliphatic carbocycles. The van der Waals surface area contributed by atoms with Gasteiger partial charge in [0.2, 0.25) is 0 Å². The summed E-state index contributed by atoms with van der Waals surface area (Å²) in [7, 11) is 0. The molecule has 0 heterocycles. The van der Waals surface area contributed by atoms with E-state index in [4.69, 9.17) is 5.11 Å². The monoisotopic (exact) mass is 329 g/mol. The first-order chi connectivity index (χ1) is 9.00. The van der Waals surface area contributed by atoms with Crippen molar-refractivity contribution in [2.45, 2.75) is 26.2 Å². The number of carboxylic acids is 1. The van der Waals surface area contributed by atoms with E-state index < -0.39 is 11.8 Å². The molecule has 1 fully saturated rings. The van der Waals surface area contributed by atoms with Crippen LogP contribution in [0.2, 0.25) is 0 Å². The van der Waals surface area contributed by atoms with E-state index in [9.17, 15) is 9.18 Å². The molecule has 104 valence electrons. The van der Waals surface area contributed by atoms with Crippen molar-refractivity contribution in [1.82, 2.24) is 0 Å². The molecule has 2 unspecified atom stereocenters. The molecule has 3 nitrogen and oxygen atoms in total. The van der Waals surface area contributed by atoms with Crippen LogP contribution >= 0.6 is 15.9 Å². The molecule has 0 aliphatic heterocycles. The second-order valence-electron chi connectivity index (χ2n) is 5.14. The molecule has 2 rings (SSSR count). The van der Waals surface area contributed by atoms with Crippen LogP contribution in [-0.2, 0) is 0 Å². The highest BCUT2D eigenvalue weighted by molar-refractivity contribution is 9.10. The Balaban J connectivity index is 2.09. The number of carboxylic acid groups (broad SMARTS) is 1. The van der Waals surface area contributed by atoms with Crippen molar-refractivity contribution in [3.05, 3.63) is 28.0 Å². The van der Waals surface area contributed by atoms with E-state index in [-0.39, 0.29) is 10.0 Å². The summed E-state index contributed by atoms with van der Waals surface area (Å²) >= 11 is 3.00. The van der Waals surface area contributed by atoms with Crippen molar-refractivity contribution in [2.75, 3.05) is 11.9 Å². The van der Waals surface area contributed by atoms with Gasteiger partial charge in [0.25, 0.3) is 0 Å². The lowest BCUT2D eigenvalue weighted by Gasteiger charge is -2.17. The van der Waals surface area contributed by atoms with Crippen LogP contribution in [0.5, 0.6) is 0 Å². The number of halogens is 2. The van der Waals surface area contributed by atoms with Gasteiger partial charge in [-0.2, -0.15) is 0 Å². The fraction of sp³-hybridized carbons (Fsp3) is 0.500. The number of hydrogen-bond acceptors (Lipinski definition) is 2. The zero-order valence-electron chi connectivity index (χ0n) is 10.7. The smallest absolute Gasteiger partial charge is 0.336 e. The van der Waals surface area contributed by atoms with Crippen LogP contribution < -0.4 is 5.32 Å². The zero-order valence-corrected chi connectivity index (χ0v) is 12.3. The Hall–Kier alpha value is -1.10. The molecule has 0 radical (unpaired) electrons. The van der Waals surface area contributed by atoms with Crippen LogP contribution in [0.25, 0.3) is 0 Å². The van der Waals surface area contributed by atoms with Crippen LogP contribution in [0.3, 0.4) is 0 Å². The van der Waals surface area contributed by atoms with Crippen molar-refractivity contribution < 1.29 is 14.3 Å². The molecule has 0 bridgehead atoms. The Kier molecular flexibility index (Phi) is 4.45. The standard InChI is InChI=1S/C14H17BrFNO2/c1-8-3-2-4-9(8)7-17-11-6-5-10(14(18)19)12(15)13(11)16/h5-6,8-9,17H,2-4,7H2,1H3,(H,18,19). The minimum Gasteiger partial charge on any atom is -0.478 e. The highest BCUT2D eigenvalue weighted by Crippen LogP contribution is 2.32. The molecule has 2 atom stereocenters. The van der Waals surface area contributed by atoms with E-state index in [0.717, 1.165) is 6.54 Å². The Bertz CT molecular complexity index is 493. The zero-order chi connectivity index (χ0) is 14.0. The molecule has 1 aromatic carbocycles. The first-order valence-corrected chi connectivity index (χ1v) is 7.25. The van der Waals surface area contributed by atoms with Crippen molar-refractivity contribution in [3.8, 4) is 0 Å². The lowest BCUT2D eigenvalue weighted by molar-refractivity contribution is 0.0695. The number of benzene rings is 1.